The summed E-state index contributed by atoms with van der Waals surface area (Å²) in [7, 11) is 3.13. The van der Waals surface area contributed by atoms with Gasteiger partial charge in [0.05, 0.1) is 30.5 Å². The van der Waals surface area contributed by atoms with E-state index < -0.39 is 72.9 Å². The molecule has 0 radical (unpaired) electrons. The van der Waals surface area contributed by atoms with Gasteiger partial charge in [0.2, 0.25) is 0 Å². The zero-order chi connectivity index (χ0) is 34.2. The number of ether oxygens (including phenoxy) is 4. The number of aliphatic hydroxyl groups excluding tert-OH is 7. The van der Waals surface area contributed by atoms with E-state index in [-0.39, 0.29) is 39.9 Å². The molecule has 16 unspecified atom stereocenters. The Balaban J connectivity index is 1.51. The fourth-order valence-corrected chi connectivity index (χ4v) is 12.1. The predicted molar refractivity (Wildman–Crippen MR) is 168 cm³/mol. The Morgan fingerprint density at radius 1 is 0.848 bits per heavy atom. The van der Waals surface area contributed by atoms with E-state index in [4.69, 9.17) is 18.9 Å². The summed E-state index contributed by atoms with van der Waals surface area (Å²) >= 11 is 0. The van der Waals surface area contributed by atoms with E-state index in [2.05, 4.69) is 34.6 Å². The molecule has 1 saturated heterocycles. The van der Waals surface area contributed by atoms with Crippen LogP contribution in [0.5, 0.6) is 0 Å². The molecule has 11 heteroatoms. The molecule has 0 aromatic carbocycles. The first-order valence-electron chi connectivity index (χ1n) is 17.4. The molecule has 4 saturated carbocycles. The molecule has 1 aliphatic heterocycles. The summed E-state index contributed by atoms with van der Waals surface area (Å²) in [6, 6.07) is 0. The van der Waals surface area contributed by atoms with Gasteiger partial charge in [-0.05, 0) is 97.2 Å². The maximum atomic E-state index is 12.3. The van der Waals surface area contributed by atoms with E-state index in [1.807, 2.05) is 6.92 Å². The molecule has 0 aromatic rings. The van der Waals surface area contributed by atoms with Crippen LogP contribution < -0.4 is 0 Å². The second kappa shape index (κ2) is 12.7. The Morgan fingerprint density at radius 3 is 2.11 bits per heavy atom. The Hall–Kier alpha value is -0.440. The fraction of sp³-hybridized carbons (Fsp3) is 1.00. The van der Waals surface area contributed by atoms with Crippen LogP contribution >= 0.6 is 0 Å². The van der Waals surface area contributed by atoms with Crippen molar-refractivity contribution in [1.82, 2.24) is 0 Å². The van der Waals surface area contributed by atoms with Gasteiger partial charge >= 0.3 is 0 Å². The molecule has 268 valence electrons. The largest absolute Gasteiger partial charge is 0.394 e. The van der Waals surface area contributed by atoms with Crippen molar-refractivity contribution in [1.29, 1.82) is 0 Å². The summed E-state index contributed by atoms with van der Waals surface area (Å²) < 4.78 is 23.5. The van der Waals surface area contributed by atoms with Gasteiger partial charge in [0.25, 0.3) is 0 Å². The van der Waals surface area contributed by atoms with E-state index in [1.54, 1.807) is 14.2 Å². The summed E-state index contributed by atoms with van der Waals surface area (Å²) in [4.78, 5) is 0. The third kappa shape index (κ3) is 5.43. The Kier molecular flexibility index (Phi) is 10.2. The van der Waals surface area contributed by atoms with Crippen LogP contribution in [-0.4, -0.2) is 117 Å². The molecule has 0 spiro atoms. The molecule has 7 N–H and O–H groups in total. The number of hydrogen-bond acceptors (Lipinski definition) is 11. The lowest BCUT2D eigenvalue weighted by molar-refractivity contribution is -0.337. The van der Waals surface area contributed by atoms with Crippen molar-refractivity contribution in [2.24, 2.45) is 45.3 Å². The number of aliphatic hydroxyl groups is 7. The number of rotatable bonds is 9. The number of hydrogen-bond donors (Lipinski definition) is 7. The van der Waals surface area contributed by atoms with Gasteiger partial charge in [0.1, 0.15) is 24.4 Å². The van der Waals surface area contributed by atoms with Crippen LogP contribution in [0.2, 0.25) is 0 Å². The molecule has 5 aliphatic rings. The molecule has 1 heterocycles. The highest BCUT2D eigenvalue weighted by Gasteiger charge is 2.73. The highest BCUT2D eigenvalue weighted by Crippen LogP contribution is 2.76. The van der Waals surface area contributed by atoms with Crippen molar-refractivity contribution in [2.75, 3.05) is 20.8 Å². The van der Waals surface area contributed by atoms with Crippen LogP contribution in [0.4, 0.5) is 0 Å². The van der Waals surface area contributed by atoms with E-state index in [0.29, 0.717) is 32.1 Å². The van der Waals surface area contributed by atoms with E-state index in [0.717, 1.165) is 19.3 Å². The summed E-state index contributed by atoms with van der Waals surface area (Å²) in [5.41, 5.74) is -2.38. The van der Waals surface area contributed by atoms with E-state index in [9.17, 15) is 35.7 Å². The Labute approximate surface area is 274 Å². The predicted octanol–water partition coefficient (Wildman–Crippen LogP) is 1.95. The summed E-state index contributed by atoms with van der Waals surface area (Å²) in [6.45, 7) is 12.4. The smallest absolute Gasteiger partial charge is 0.187 e. The SMILES string of the molecule is COC(CCC(C)(OC1OC(CO)C(O)C(O)C1O)C1CCC2(C)C1C(O)CC1C3(C)CCC(O)C(C)(C)C3C(O)CC12C)OC. The van der Waals surface area contributed by atoms with Gasteiger partial charge < -0.3 is 54.7 Å². The van der Waals surface area contributed by atoms with Gasteiger partial charge in [-0.15, -0.1) is 0 Å². The fourth-order valence-electron chi connectivity index (χ4n) is 12.1. The summed E-state index contributed by atoms with van der Waals surface area (Å²) in [5, 5.41) is 77.0. The molecule has 4 aliphatic carbocycles. The first-order chi connectivity index (χ1) is 21.4. The summed E-state index contributed by atoms with van der Waals surface area (Å²) in [6.07, 6.45) is -4.29. The molecule has 0 aromatic heterocycles. The van der Waals surface area contributed by atoms with Crippen molar-refractivity contribution >= 4 is 0 Å². The monoisotopic (exact) mass is 658 g/mol. The van der Waals surface area contributed by atoms with E-state index >= 15 is 0 Å². The first kappa shape index (κ1) is 36.8. The van der Waals surface area contributed by atoms with Gasteiger partial charge in [-0.2, -0.15) is 0 Å². The molecule has 11 nitrogen and oxygen atoms in total. The Bertz CT molecular complexity index is 1070. The highest BCUT2D eigenvalue weighted by molar-refractivity contribution is 5.21. The lowest BCUT2D eigenvalue weighted by Gasteiger charge is -2.71. The quantitative estimate of drug-likeness (QED) is 0.180. The van der Waals surface area contributed by atoms with Gasteiger partial charge in [-0.25, -0.2) is 0 Å². The van der Waals surface area contributed by atoms with Crippen molar-refractivity contribution in [3.05, 3.63) is 0 Å². The van der Waals surface area contributed by atoms with Gasteiger partial charge in [0, 0.05) is 20.6 Å². The van der Waals surface area contributed by atoms with Crippen LogP contribution in [0.15, 0.2) is 0 Å². The zero-order valence-electron chi connectivity index (χ0n) is 29.1. The Morgan fingerprint density at radius 2 is 1.50 bits per heavy atom. The molecule has 5 rings (SSSR count). The second-order valence-corrected chi connectivity index (χ2v) is 17.1. The maximum Gasteiger partial charge on any atom is 0.187 e. The van der Waals surface area contributed by atoms with Crippen molar-refractivity contribution in [3.8, 4) is 0 Å². The molecular formula is C35H62O11. The van der Waals surface area contributed by atoms with Crippen LogP contribution in [0, 0.1) is 45.3 Å². The van der Waals surface area contributed by atoms with Crippen LogP contribution in [0.3, 0.4) is 0 Å². The lowest BCUT2D eigenvalue weighted by Crippen LogP contribution is -2.70. The molecule has 16 atom stereocenters. The molecule has 5 fully saturated rings. The van der Waals surface area contributed by atoms with Crippen LogP contribution in [0.1, 0.15) is 92.9 Å². The van der Waals surface area contributed by atoms with Crippen molar-refractivity contribution < 1.29 is 54.7 Å². The average Bonchev–Trinajstić information content (AvgIpc) is 3.38. The minimum Gasteiger partial charge on any atom is -0.394 e. The molecule has 46 heavy (non-hydrogen) atoms. The topological polar surface area (TPSA) is 179 Å². The molecule has 0 amide bonds. The van der Waals surface area contributed by atoms with Crippen LogP contribution in [-0.2, 0) is 18.9 Å². The number of methoxy groups -OCH3 is 2. The van der Waals surface area contributed by atoms with Gasteiger partial charge in [0.15, 0.2) is 12.6 Å². The third-order valence-electron chi connectivity index (χ3n) is 14.7. The zero-order valence-corrected chi connectivity index (χ0v) is 29.1. The first-order valence-corrected chi connectivity index (χ1v) is 17.4. The number of fused-ring (bicyclic) bond motifs is 5. The van der Waals surface area contributed by atoms with Crippen molar-refractivity contribution in [2.45, 2.75) is 154 Å². The van der Waals surface area contributed by atoms with Gasteiger partial charge in [-0.3, -0.25) is 0 Å². The normalized spacial score (nSPS) is 51.7. The molecular weight excluding hydrogens is 596 g/mol. The standard InChI is InChI=1S/C35H62O11/c1-31(2)23(39)10-12-32(3)22-15-19(37)25-18(9-13-33(25,4)34(22,5)16-20(38)29(31)32)35(6,14-11-24(43-7)44-8)46-30-28(42)27(41)26(40)21(17-36)45-30/h18-30,36-42H,9-17H2,1-8H3. The van der Waals surface area contributed by atoms with Crippen LogP contribution in [0.25, 0.3) is 0 Å². The molecule has 0 bridgehead atoms. The maximum absolute atomic E-state index is 12.3. The lowest BCUT2D eigenvalue weighted by atomic mass is 9.34. The average molecular weight is 659 g/mol. The van der Waals surface area contributed by atoms with Gasteiger partial charge in [-0.1, -0.05) is 34.6 Å². The van der Waals surface area contributed by atoms with E-state index in [1.165, 1.54) is 0 Å². The highest BCUT2D eigenvalue weighted by atomic mass is 16.7. The minimum absolute atomic E-state index is 0.0915. The summed E-state index contributed by atoms with van der Waals surface area (Å²) in [5.74, 6) is -0.355. The third-order valence-corrected chi connectivity index (χ3v) is 14.7. The second-order valence-electron chi connectivity index (χ2n) is 17.1. The van der Waals surface area contributed by atoms with Crippen molar-refractivity contribution in [3.63, 3.8) is 0 Å². The minimum atomic E-state index is -1.57.